The lowest BCUT2D eigenvalue weighted by molar-refractivity contribution is -0.129. The minimum Gasteiger partial charge on any atom is -0.503 e. The molecule has 0 spiro atoms. The molecule has 1 atom stereocenters. The Balaban J connectivity index is 1.78. The molecule has 0 aliphatic carbocycles. The fourth-order valence-electron chi connectivity index (χ4n) is 4.38. The number of hydrogen-bond acceptors (Lipinski definition) is 6. The summed E-state index contributed by atoms with van der Waals surface area (Å²) in [5.41, 5.74) is 1.14. The van der Waals surface area contributed by atoms with Gasteiger partial charge >= 0.3 is 0 Å². The molecule has 0 saturated heterocycles. The van der Waals surface area contributed by atoms with Gasteiger partial charge in [0.1, 0.15) is 5.75 Å². The zero-order valence-electron chi connectivity index (χ0n) is 19.7. The summed E-state index contributed by atoms with van der Waals surface area (Å²) in [6, 6.07) is 13.5. The fraction of sp³-hybridized carbons (Fsp3) is 0.333. The first-order chi connectivity index (χ1) is 16.5. The molecule has 0 fully saturated rings. The SMILES string of the molecule is CCCCCN1C(=O)C(O)=C(C(=O)c2cc3cccc(OC)c3o2)C1c1cccc(OCC)c1. The van der Waals surface area contributed by atoms with Crippen LogP contribution < -0.4 is 9.47 Å². The highest BCUT2D eigenvalue weighted by Gasteiger charge is 2.44. The Morgan fingerprint density at radius 1 is 1.12 bits per heavy atom. The number of nitrogens with zero attached hydrogens (tertiary/aromatic N) is 1. The monoisotopic (exact) mass is 463 g/mol. The average Bonchev–Trinajstić information content (AvgIpc) is 3.39. The quantitative estimate of drug-likeness (QED) is 0.311. The van der Waals surface area contributed by atoms with Crippen LogP contribution in [-0.2, 0) is 4.79 Å². The lowest BCUT2D eigenvalue weighted by Gasteiger charge is -2.27. The number of fused-ring (bicyclic) bond motifs is 1. The smallest absolute Gasteiger partial charge is 0.290 e. The van der Waals surface area contributed by atoms with Gasteiger partial charge in [-0.15, -0.1) is 0 Å². The summed E-state index contributed by atoms with van der Waals surface area (Å²) < 4.78 is 16.8. The number of hydrogen-bond donors (Lipinski definition) is 1. The molecule has 1 aliphatic heterocycles. The van der Waals surface area contributed by atoms with Gasteiger partial charge in [0.2, 0.25) is 5.78 Å². The van der Waals surface area contributed by atoms with Crippen LogP contribution in [0.3, 0.4) is 0 Å². The number of rotatable bonds is 10. The van der Waals surface area contributed by atoms with Crippen molar-refractivity contribution in [3.63, 3.8) is 0 Å². The van der Waals surface area contributed by atoms with E-state index >= 15 is 0 Å². The molecule has 178 valence electrons. The number of unbranched alkanes of at least 4 members (excludes halogenated alkanes) is 2. The molecule has 3 aromatic rings. The molecule has 0 bridgehead atoms. The van der Waals surface area contributed by atoms with Crippen molar-refractivity contribution in [3.05, 3.63) is 71.2 Å². The molecule has 0 saturated carbocycles. The molecular weight excluding hydrogens is 434 g/mol. The number of furan rings is 1. The average molecular weight is 464 g/mol. The fourth-order valence-corrected chi connectivity index (χ4v) is 4.38. The van der Waals surface area contributed by atoms with Crippen molar-refractivity contribution in [2.45, 2.75) is 39.2 Å². The topological polar surface area (TPSA) is 89.2 Å². The van der Waals surface area contributed by atoms with Crippen LogP contribution >= 0.6 is 0 Å². The summed E-state index contributed by atoms with van der Waals surface area (Å²) in [5, 5.41) is 11.6. The summed E-state index contributed by atoms with van der Waals surface area (Å²) in [7, 11) is 1.53. The number of ether oxygens (including phenoxy) is 2. The first-order valence-electron chi connectivity index (χ1n) is 11.6. The number of aliphatic hydroxyl groups excluding tert-OH is 1. The Morgan fingerprint density at radius 2 is 1.91 bits per heavy atom. The van der Waals surface area contributed by atoms with Gasteiger partial charge in [-0.2, -0.15) is 0 Å². The van der Waals surface area contributed by atoms with E-state index in [1.165, 1.54) is 7.11 Å². The molecule has 1 N–H and O–H groups in total. The third-order valence-electron chi connectivity index (χ3n) is 5.99. The lowest BCUT2D eigenvalue weighted by atomic mass is 9.94. The number of Topliss-reactive ketones (excluding diaryl/α,β-unsaturated/α-hetero) is 1. The van der Waals surface area contributed by atoms with Gasteiger partial charge in [-0.05, 0) is 43.2 Å². The molecule has 7 heteroatoms. The minimum atomic E-state index is -0.743. The van der Waals surface area contributed by atoms with Crippen LogP contribution in [0, 0.1) is 0 Å². The van der Waals surface area contributed by atoms with Crippen LogP contribution in [0.4, 0.5) is 0 Å². The zero-order chi connectivity index (χ0) is 24.2. The molecule has 2 aromatic carbocycles. The predicted octanol–water partition coefficient (Wildman–Crippen LogP) is 5.61. The van der Waals surface area contributed by atoms with Crippen molar-refractivity contribution >= 4 is 22.7 Å². The summed E-state index contributed by atoms with van der Waals surface area (Å²) in [4.78, 5) is 28.3. The van der Waals surface area contributed by atoms with Gasteiger partial charge in [0.25, 0.3) is 5.91 Å². The van der Waals surface area contributed by atoms with Crippen molar-refractivity contribution in [1.82, 2.24) is 4.90 Å². The van der Waals surface area contributed by atoms with E-state index in [2.05, 4.69) is 6.92 Å². The first-order valence-corrected chi connectivity index (χ1v) is 11.6. The van der Waals surface area contributed by atoms with E-state index in [0.29, 0.717) is 41.2 Å². The Morgan fingerprint density at radius 3 is 2.65 bits per heavy atom. The Bertz CT molecular complexity index is 1240. The van der Waals surface area contributed by atoms with Gasteiger partial charge in [-0.1, -0.05) is 44.0 Å². The van der Waals surface area contributed by atoms with Crippen LogP contribution in [0.25, 0.3) is 11.0 Å². The number of carbonyl (C=O) groups excluding carboxylic acids is 2. The van der Waals surface area contributed by atoms with Crippen LogP contribution in [0.5, 0.6) is 11.5 Å². The molecule has 0 radical (unpaired) electrons. The Kier molecular flexibility index (Phi) is 6.91. The predicted molar refractivity (Wildman–Crippen MR) is 128 cm³/mol. The van der Waals surface area contributed by atoms with E-state index < -0.39 is 23.5 Å². The van der Waals surface area contributed by atoms with E-state index in [-0.39, 0.29) is 11.3 Å². The van der Waals surface area contributed by atoms with E-state index in [0.717, 1.165) is 19.3 Å². The third kappa shape index (κ3) is 4.25. The van der Waals surface area contributed by atoms with Crippen LogP contribution in [0.1, 0.15) is 55.3 Å². The molecule has 1 aromatic heterocycles. The number of ketones is 1. The van der Waals surface area contributed by atoms with Gasteiger partial charge in [-0.3, -0.25) is 9.59 Å². The zero-order valence-corrected chi connectivity index (χ0v) is 19.7. The standard InChI is InChI=1S/C27H29NO6/c1-4-6-7-14-28-23(17-10-8-12-19(15-17)33-5-2)22(25(30)27(28)31)24(29)21-16-18-11-9-13-20(32-3)26(18)34-21/h8-13,15-16,23,30H,4-7,14H2,1-3H3. The molecule has 1 aliphatic rings. The maximum absolute atomic E-state index is 13.7. The molecule has 7 nitrogen and oxygen atoms in total. The second-order valence-electron chi connectivity index (χ2n) is 8.19. The number of benzene rings is 2. The molecule has 2 heterocycles. The lowest BCUT2D eigenvalue weighted by Crippen LogP contribution is -2.32. The van der Waals surface area contributed by atoms with Crippen molar-refractivity contribution in [3.8, 4) is 11.5 Å². The summed E-state index contributed by atoms with van der Waals surface area (Å²) in [5.74, 6) is -0.461. The van der Waals surface area contributed by atoms with E-state index in [1.54, 1.807) is 23.1 Å². The van der Waals surface area contributed by atoms with Gasteiger partial charge in [0.15, 0.2) is 22.9 Å². The molecule has 1 amide bonds. The van der Waals surface area contributed by atoms with Gasteiger partial charge < -0.3 is 23.9 Å². The molecule has 4 rings (SSSR count). The van der Waals surface area contributed by atoms with E-state index in [1.807, 2.05) is 37.3 Å². The van der Waals surface area contributed by atoms with Crippen LogP contribution in [0.2, 0.25) is 0 Å². The van der Waals surface area contributed by atoms with Gasteiger partial charge in [-0.25, -0.2) is 0 Å². The highest BCUT2D eigenvalue weighted by atomic mass is 16.5. The van der Waals surface area contributed by atoms with Crippen molar-refractivity contribution in [2.24, 2.45) is 0 Å². The van der Waals surface area contributed by atoms with Gasteiger partial charge in [0.05, 0.1) is 25.3 Å². The van der Waals surface area contributed by atoms with Crippen LogP contribution in [0.15, 0.2) is 64.3 Å². The summed E-state index contributed by atoms with van der Waals surface area (Å²) >= 11 is 0. The first kappa shape index (κ1) is 23.4. The largest absolute Gasteiger partial charge is 0.503 e. The number of methoxy groups -OCH3 is 1. The van der Waals surface area contributed by atoms with Crippen molar-refractivity contribution < 1.29 is 28.6 Å². The van der Waals surface area contributed by atoms with Crippen molar-refractivity contribution in [1.29, 1.82) is 0 Å². The highest BCUT2D eigenvalue weighted by Crippen LogP contribution is 2.41. The second-order valence-corrected chi connectivity index (χ2v) is 8.19. The Labute approximate surface area is 198 Å². The number of aliphatic hydroxyl groups is 1. The molecular formula is C27H29NO6. The number of amides is 1. The van der Waals surface area contributed by atoms with E-state index in [9.17, 15) is 14.7 Å². The van der Waals surface area contributed by atoms with Crippen LogP contribution in [-0.4, -0.2) is 42.0 Å². The molecule has 1 unspecified atom stereocenters. The second kappa shape index (κ2) is 10.0. The number of para-hydroxylation sites is 1. The maximum Gasteiger partial charge on any atom is 0.290 e. The van der Waals surface area contributed by atoms with E-state index in [4.69, 9.17) is 13.9 Å². The molecule has 34 heavy (non-hydrogen) atoms. The summed E-state index contributed by atoms with van der Waals surface area (Å²) in [6.07, 6.45) is 2.68. The third-order valence-corrected chi connectivity index (χ3v) is 5.99. The highest BCUT2D eigenvalue weighted by molar-refractivity contribution is 6.16. The van der Waals surface area contributed by atoms with Crippen molar-refractivity contribution in [2.75, 3.05) is 20.3 Å². The maximum atomic E-state index is 13.7. The minimum absolute atomic E-state index is 0.00756. The Hall–Kier alpha value is -3.74. The normalized spacial score (nSPS) is 15.9. The number of carbonyl (C=O) groups is 2. The van der Waals surface area contributed by atoms with Gasteiger partial charge in [0, 0.05) is 11.9 Å². The summed E-state index contributed by atoms with van der Waals surface area (Å²) in [6.45, 7) is 4.88.